The number of rotatable bonds is 2. The van der Waals surface area contributed by atoms with Gasteiger partial charge in [-0.1, -0.05) is 5.16 Å². The van der Waals surface area contributed by atoms with Gasteiger partial charge in [0.2, 0.25) is 0 Å². The monoisotopic (exact) mass is 170 g/mol. The highest BCUT2D eigenvalue weighted by Crippen LogP contribution is 2.11. The summed E-state index contributed by atoms with van der Waals surface area (Å²) in [5.41, 5.74) is 5.63. The van der Waals surface area contributed by atoms with Crippen LogP contribution in [-0.2, 0) is 4.74 Å². The van der Waals surface area contributed by atoms with E-state index in [0.717, 1.165) is 0 Å². The van der Waals surface area contributed by atoms with Crippen LogP contribution in [0.3, 0.4) is 0 Å². The molecule has 0 aliphatic heterocycles. The van der Waals surface area contributed by atoms with Crippen molar-refractivity contribution in [1.82, 2.24) is 5.16 Å². The first-order valence-electron chi connectivity index (χ1n) is 3.45. The van der Waals surface area contributed by atoms with Crippen LogP contribution in [0.25, 0.3) is 0 Å². The van der Waals surface area contributed by atoms with Crippen molar-refractivity contribution in [3.8, 4) is 0 Å². The number of methoxy groups -OCH3 is 1. The highest BCUT2D eigenvalue weighted by Gasteiger charge is 2.14. The van der Waals surface area contributed by atoms with E-state index in [9.17, 15) is 4.79 Å². The molecule has 5 heteroatoms. The lowest BCUT2D eigenvalue weighted by molar-refractivity contribution is 0.0589. The maximum absolute atomic E-state index is 10.9. The molecule has 1 heterocycles. The summed E-state index contributed by atoms with van der Waals surface area (Å²) >= 11 is 0. The minimum Gasteiger partial charge on any atom is -0.464 e. The summed E-state index contributed by atoms with van der Waals surface area (Å²) in [6.07, 6.45) is 0. The number of ether oxygens (including phenoxy) is 1. The van der Waals surface area contributed by atoms with Gasteiger partial charge in [0, 0.05) is 6.07 Å². The summed E-state index contributed by atoms with van der Waals surface area (Å²) in [7, 11) is 1.28. The predicted octanol–water partition coefficient (Wildman–Crippen LogP) is 0.481. The second kappa shape index (κ2) is 3.36. The zero-order valence-corrected chi connectivity index (χ0v) is 6.90. The van der Waals surface area contributed by atoms with Crippen molar-refractivity contribution < 1.29 is 14.1 Å². The number of hydrogen-bond acceptors (Lipinski definition) is 5. The van der Waals surface area contributed by atoms with Gasteiger partial charge in [0.25, 0.3) is 0 Å². The van der Waals surface area contributed by atoms with E-state index >= 15 is 0 Å². The zero-order valence-electron chi connectivity index (χ0n) is 6.90. The van der Waals surface area contributed by atoms with Crippen molar-refractivity contribution in [2.24, 2.45) is 5.73 Å². The fraction of sp³-hybridized carbons (Fsp3) is 0.429. The largest absolute Gasteiger partial charge is 0.464 e. The molecule has 0 aliphatic rings. The molecule has 1 unspecified atom stereocenters. The molecule has 0 spiro atoms. The number of carbonyl (C=O) groups is 1. The molecule has 0 fully saturated rings. The van der Waals surface area contributed by atoms with Gasteiger partial charge in [0.15, 0.2) is 11.5 Å². The Morgan fingerprint density at radius 2 is 2.50 bits per heavy atom. The van der Waals surface area contributed by atoms with Gasteiger partial charge in [-0.15, -0.1) is 0 Å². The highest BCUT2D eigenvalue weighted by atomic mass is 16.5. The Hall–Kier alpha value is -1.36. The smallest absolute Gasteiger partial charge is 0.360 e. The number of nitrogens with two attached hydrogens (primary N) is 1. The van der Waals surface area contributed by atoms with Crippen LogP contribution in [0.5, 0.6) is 0 Å². The number of aromatic nitrogens is 1. The molecule has 0 amide bonds. The van der Waals surface area contributed by atoms with Crippen molar-refractivity contribution in [2.45, 2.75) is 13.0 Å². The van der Waals surface area contributed by atoms with Gasteiger partial charge in [-0.05, 0) is 6.92 Å². The zero-order chi connectivity index (χ0) is 9.14. The molecule has 0 aromatic carbocycles. The fourth-order valence-corrected chi connectivity index (χ4v) is 0.705. The molecule has 1 aromatic rings. The van der Waals surface area contributed by atoms with E-state index in [1.807, 2.05) is 0 Å². The Kier molecular flexibility index (Phi) is 2.44. The molecule has 66 valence electrons. The number of nitrogens with zero attached hydrogens (tertiary/aromatic N) is 1. The third-order valence-corrected chi connectivity index (χ3v) is 1.37. The Balaban J connectivity index is 2.84. The molecule has 0 saturated carbocycles. The van der Waals surface area contributed by atoms with Crippen LogP contribution >= 0.6 is 0 Å². The summed E-state index contributed by atoms with van der Waals surface area (Å²) in [6.45, 7) is 1.74. The first-order valence-corrected chi connectivity index (χ1v) is 3.45. The minimum absolute atomic E-state index is 0.143. The van der Waals surface area contributed by atoms with E-state index in [2.05, 4.69) is 9.89 Å². The second-order valence-electron chi connectivity index (χ2n) is 2.39. The lowest BCUT2D eigenvalue weighted by Gasteiger charge is -1.94. The average molecular weight is 170 g/mol. The molecule has 1 rings (SSSR count). The summed E-state index contributed by atoms with van der Waals surface area (Å²) in [5.74, 6) is -0.0546. The van der Waals surface area contributed by atoms with Crippen LogP contribution in [0, 0.1) is 0 Å². The van der Waals surface area contributed by atoms with E-state index < -0.39 is 5.97 Å². The highest BCUT2D eigenvalue weighted by molar-refractivity contribution is 5.86. The van der Waals surface area contributed by atoms with Gasteiger partial charge >= 0.3 is 5.97 Å². The van der Waals surface area contributed by atoms with Crippen LogP contribution < -0.4 is 5.73 Å². The molecule has 0 saturated heterocycles. The normalized spacial score (nSPS) is 12.6. The van der Waals surface area contributed by atoms with Gasteiger partial charge in [-0.25, -0.2) is 4.79 Å². The van der Waals surface area contributed by atoms with Gasteiger partial charge in [-0.3, -0.25) is 0 Å². The molecular formula is C7H10N2O3. The van der Waals surface area contributed by atoms with Gasteiger partial charge in [0.05, 0.1) is 13.2 Å². The third kappa shape index (κ3) is 1.62. The lowest BCUT2D eigenvalue weighted by Crippen LogP contribution is -2.03. The van der Waals surface area contributed by atoms with E-state index in [0.29, 0.717) is 5.76 Å². The van der Waals surface area contributed by atoms with Crippen LogP contribution in [-0.4, -0.2) is 18.2 Å². The summed E-state index contributed by atoms with van der Waals surface area (Å²) in [6, 6.07) is 1.20. The SMILES string of the molecule is COC(=O)c1cc(C(C)N)on1. The van der Waals surface area contributed by atoms with Crippen molar-refractivity contribution in [2.75, 3.05) is 7.11 Å². The van der Waals surface area contributed by atoms with Gasteiger partial charge in [-0.2, -0.15) is 0 Å². The number of esters is 1. The fourth-order valence-electron chi connectivity index (χ4n) is 0.705. The van der Waals surface area contributed by atoms with Crippen molar-refractivity contribution in [3.63, 3.8) is 0 Å². The van der Waals surface area contributed by atoms with Crippen LogP contribution in [0.15, 0.2) is 10.6 Å². The van der Waals surface area contributed by atoms with Gasteiger partial charge < -0.3 is 15.0 Å². The molecule has 0 aliphatic carbocycles. The van der Waals surface area contributed by atoms with Crippen LogP contribution in [0.2, 0.25) is 0 Å². The molecule has 0 radical (unpaired) electrons. The second-order valence-corrected chi connectivity index (χ2v) is 2.39. The van der Waals surface area contributed by atoms with Crippen molar-refractivity contribution in [3.05, 3.63) is 17.5 Å². The summed E-state index contributed by atoms with van der Waals surface area (Å²) in [5, 5.41) is 3.48. The lowest BCUT2D eigenvalue weighted by atomic mass is 10.2. The van der Waals surface area contributed by atoms with E-state index in [4.69, 9.17) is 10.3 Å². The molecule has 12 heavy (non-hydrogen) atoms. The number of hydrogen-bond donors (Lipinski definition) is 1. The molecule has 1 atom stereocenters. The summed E-state index contributed by atoms with van der Waals surface area (Å²) in [4.78, 5) is 10.9. The first-order chi connectivity index (χ1) is 5.65. The molecule has 2 N–H and O–H groups in total. The summed E-state index contributed by atoms with van der Waals surface area (Å²) < 4.78 is 9.20. The van der Waals surface area contributed by atoms with Crippen molar-refractivity contribution >= 4 is 5.97 Å². The van der Waals surface area contributed by atoms with E-state index in [1.165, 1.54) is 13.2 Å². The Morgan fingerprint density at radius 1 is 1.83 bits per heavy atom. The standard InChI is InChI=1S/C7H10N2O3/c1-4(8)6-3-5(9-12-6)7(10)11-2/h3-4H,8H2,1-2H3. The maximum atomic E-state index is 10.9. The minimum atomic E-state index is -0.523. The molecule has 5 nitrogen and oxygen atoms in total. The molecular weight excluding hydrogens is 160 g/mol. The molecule has 0 bridgehead atoms. The van der Waals surface area contributed by atoms with E-state index in [-0.39, 0.29) is 11.7 Å². The Morgan fingerprint density at radius 3 is 2.92 bits per heavy atom. The topological polar surface area (TPSA) is 78.4 Å². The van der Waals surface area contributed by atoms with Crippen LogP contribution in [0.1, 0.15) is 29.2 Å². The van der Waals surface area contributed by atoms with E-state index in [1.54, 1.807) is 6.92 Å². The van der Waals surface area contributed by atoms with Gasteiger partial charge in [0.1, 0.15) is 0 Å². The Bertz CT molecular complexity index is 280. The first kappa shape index (κ1) is 8.73. The quantitative estimate of drug-likeness (QED) is 0.653. The number of carbonyl (C=O) groups excluding carboxylic acids is 1. The third-order valence-electron chi connectivity index (χ3n) is 1.37. The predicted molar refractivity (Wildman–Crippen MR) is 40.4 cm³/mol. The average Bonchev–Trinajstić information content (AvgIpc) is 2.51. The Labute approximate surface area is 69.5 Å². The van der Waals surface area contributed by atoms with Crippen LogP contribution in [0.4, 0.5) is 0 Å². The maximum Gasteiger partial charge on any atom is 0.360 e. The van der Waals surface area contributed by atoms with Crippen molar-refractivity contribution in [1.29, 1.82) is 0 Å². The molecule has 1 aromatic heterocycles.